The van der Waals surface area contributed by atoms with E-state index in [1.54, 1.807) is 6.07 Å². The number of ether oxygens (including phenoxy) is 1. The van der Waals surface area contributed by atoms with Crippen LogP contribution in [0.25, 0.3) is 0 Å². The molecule has 146 valence electrons. The van der Waals surface area contributed by atoms with E-state index < -0.39 is 0 Å². The standard InChI is InChI=1S/C23H20N2O3S/c26-22(24-18-10-11-21-19(13-18)25-23(27)15-29-21)14-28-20-9-5-4-8-17(20)12-16-6-2-1-3-7-16/h1-11,13H,12,14-15H2,(H,24,26)(H,25,27). The van der Waals surface area contributed by atoms with Crippen LogP contribution in [-0.4, -0.2) is 24.2 Å². The van der Waals surface area contributed by atoms with Crippen LogP contribution in [0.15, 0.2) is 77.7 Å². The van der Waals surface area contributed by atoms with Crippen molar-refractivity contribution in [3.63, 3.8) is 0 Å². The molecule has 2 N–H and O–H groups in total. The van der Waals surface area contributed by atoms with Crippen LogP contribution in [-0.2, 0) is 16.0 Å². The van der Waals surface area contributed by atoms with Crippen molar-refractivity contribution in [2.45, 2.75) is 11.3 Å². The normalized spacial score (nSPS) is 12.6. The molecule has 1 heterocycles. The third-order valence-electron chi connectivity index (χ3n) is 4.46. The lowest BCUT2D eigenvalue weighted by atomic mass is 10.0. The topological polar surface area (TPSA) is 67.4 Å². The number of amides is 2. The predicted octanol–water partition coefficient (Wildman–Crippen LogP) is 4.34. The highest BCUT2D eigenvalue weighted by Crippen LogP contribution is 2.33. The highest BCUT2D eigenvalue weighted by Gasteiger charge is 2.16. The fourth-order valence-corrected chi connectivity index (χ4v) is 3.90. The molecular formula is C23H20N2O3S. The molecule has 0 aliphatic carbocycles. The maximum absolute atomic E-state index is 12.4. The Hall–Kier alpha value is -3.25. The van der Waals surface area contributed by atoms with Gasteiger partial charge in [-0.15, -0.1) is 11.8 Å². The van der Waals surface area contributed by atoms with E-state index in [1.165, 1.54) is 17.3 Å². The number of hydrogen-bond donors (Lipinski definition) is 2. The van der Waals surface area contributed by atoms with Crippen LogP contribution in [0.2, 0.25) is 0 Å². The smallest absolute Gasteiger partial charge is 0.262 e. The molecule has 0 fully saturated rings. The number of fused-ring (bicyclic) bond motifs is 1. The van der Waals surface area contributed by atoms with Crippen molar-refractivity contribution >= 4 is 35.0 Å². The van der Waals surface area contributed by atoms with Gasteiger partial charge in [-0.1, -0.05) is 48.5 Å². The lowest BCUT2D eigenvalue weighted by Crippen LogP contribution is -2.22. The van der Waals surface area contributed by atoms with Crippen molar-refractivity contribution in [3.05, 3.63) is 83.9 Å². The molecule has 3 aromatic rings. The summed E-state index contributed by atoms with van der Waals surface area (Å²) >= 11 is 1.48. The molecule has 0 aromatic heterocycles. The maximum Gasteiger partial charge on any atom is 0.262 e. The van der Waals surface area contributed by atoms with Crippen LogP contribution in [0.4, 0.5) is 11.4 Å². The molecule has 0 atom stereocenters. The Kier molecular flexibility index (Phi) is 5.81. The van der Waals surface area contributed by atoms with E-state index in [-0.39, 0.29) is 18.4 Å². The number of carbonyl (C=O) groups is 2. The lowest BCUT2D eigenvalue weighted by molar-refractivity contribution is -0.118. The van der Waals surface area contributed by atoms with Gasteiger partial charge in [0.15, 0.2) is 6.61 Å². The van der Waals surface area contributed by atoms with E-state index in [1.807, 2.05) is 54.6 Å². The lowest BCUT2D eigenvalue weighted by Gasteiger charge is -2.17. The average molecular weight is 404 g/mol. The van der Waals surface area contributed by atoms with Gasteiger partial charge in [0, 0.05) is 17.0 Å². The Morgan fingerprint density at radius 3 is 2.69 bits per heavy atom. The molecule has 1 aliphatic rings. The van der Waals surface area contributed by atoms with Gasteiger partial charge in [-0.25, -0.2) is 0 Å². The maximum atomic E-state index is 12.4. The summed E-state index contributed by atoms with van der Waals surface area (Å²) in [5, 5.41) is 5.64. The summed E-state index contributed by atoms with van der Waals surface area (Å²) in [6.07, 6.45) is 0.737. The summed E-state index contributed by atoms with van der Waals surface area (Å²) in [5.74, 6) is 0.814. The van der Waals surface area contributed by atoms with Gasteiger partial charge >= 0.3 is 0 Å². The molecule has 29 heavy (non-hydrogen) atoms. The van der Waals surface area contributed by atoms with Crippen molar-refractivity contribution < 1.29 is 14.3 Å². The Morgan fingerprint density at radius 1 is 1.03 bits per heavy atom. The van der Waals surface area contributed by atoms with Crippen LogP contribution in [0, 0.1) is 0 Å². The fourth-order valence-electron chi connectivity index (χ4n) is 3.11. The summed E-state index contributed by atoms with van der Waals surface area (Å²) in [6.45, 7) is -0.0933. The molecule has 2 amide bonds. The van der Waals surface area contributed by atoms with Gasteiger partial charge in [-0.2, -0.15) is 0 Å². The second-order valence-electron chi connectivity index (χ2n) is 6.65. The number of nitrogens with one attached hydrogen (secondary N) is 2. The number of rotatable bonds is 6. The zero-order chi connectivity index (χ0) is 20.1. The highest BCUT2D eigenvalue weighted by atomic mass is 32.2. The van der Waals surface area contributed by atoms with E-state index in [2.05, 4.69) is 22.8 Å². The van der Waals surface area contributed by atoms with Gasteiger partial charge in [0.1, 0.15) is 5.75 Å². The average Bonchev–Trinajstić information content (AvgIpc) is 2.73. The number of para-hydroxylation sites is 1. The number of thioether (sulfide) groups is 1. The van der Waals surface area contributed by atoms with Crippen molar-refractivity contribution in [3.8, 4) is 5.75 Å². The largest absolute Gasteiger partial charge is 0.483 e. The minimum Gasteiger partial charge on any atom is -0.483 e. The summed E-state index contributed by atoms with van der Waals surface area (Å²) < 4.78 is 5.79. The quantitative estimate of drug-likeness (QED) is 0.641. The molecule has 0 radical (unpaired) electrons. The molecule has 0 unspecified atom stereocenters. The zero-order valence-electron chi connectivity index (χ0n) is 15.7. The first-order valence-corrected chi connectivity index (χ1v) is 10.3. The molecule has 4 rings (SSSR count). The van der Waals surface area contributed by atoms with E-state index in [0.29, 0.717) is 17.2 Å². The van der Waals surface area contributed by atoms with Crippen LogP contribution in [0.5, 0.6) is 5.75 Å². The summed E-state index contributed by atoms with van der Waals surface area (Å²) in [5.41, 5.74) is 3.55. The van der Waals surface area contributed by atoms with Gasteiger partial charge in [-0.3, -0.25) is 9.59 Å². The number of benzene rings is 3. The van der Waals surface area contributed by atoms with Gasteiger partial charge in [0.05, 0.1) is 11.4 Å². The Bertz CT molecular complexity index is 1040. The van der Waals surface area contributed by atoms with Gasteiger partial charge in [0.2, 0.25) is 5.91 Å². The second-order valence-corrected chi connectivity index (χ2v) is 7.67. The van der Waals surface area contributed by atoms with Crippen molar-refractivity contribution in [1.29, 1.82) is 0 Å². The highest BCUT2D eigenvalue weighted by molar-refractivity contribution is 8.00. The third kappa shape index (κ3) is 4.97. The van der Waals surface area contributed by atoms with Crippen molar-refractivity contribution in [2.75, 3.05) is 23.0 Å². The predicted molar refractivity (Wildman–Crippen MR) is 116 cm³/mol. The number of carbonyl (C=O) groups excluding carboxylic acids is 2. The molecule has 1 aliphatic heterocycles. The van der Waals surface area contributed by atoms with E-state index in [9.17, 15) is 9.59 Å². The molecule has 5 nitrogen and oxygen atoms in total. The SMILES string of the molecule is O=C(COc1ccccc1Cc1ccccc1)Nc1ccc2c(c1)NC(=O)CS2. The summed E-state index contributed by atoms with van der Waals surface area (Å²) in [7, 11) is 0. The molecule has 0 bridgehead atoms. The molecule has 3 aromatic carbocycles. The van der Waals surface area contributed by atoms with E-state index in [4.69, 9.17) is 4.74 Å². The molecule has 0 spiro atoms. The minimum absolute atomic E-state index is 0.0377. The van der Waals surface area contributed by atoms with Crippen LogP contribution in [0.1, 0.15) is 11.1 Å². The van der Waals surface area contributed by atoms with Crippen LogP contribution in [0.3, 0.4) is 0 Å². The molecule has 0 saturated heterocycles. The van der Waals surface area contributed by atoms with Crippen molar-refractivity contribution in [1.82, 2.24) is 0 Å². The first-order valence-electron chi connectivity index (χ1n) is 9.28. The second kappa shape index (κ2) is 8.84. The van der Waals surface area contributed by atoms with Gasteiger partial charge in [-0.05, 0) is 35.4 Å². The third-order valence-corrected chi connectivity index (χ3v) is 5.54. The molecular weight excluding hydrogens is 384 g/mol. The Morgan fingerprint density at radius 2 is 1.83 bits per heavy atom. The fraction of sp³-hybridized carbons (Fsp3) is 0.130. The first kappa shape index (κ1) is 19.1. The van der Waals surface area contributed by atoms with Gasteiger partial charge in [0.25, 0.3) is 5.91 Å². The van der Waals surface area contributed by atoms with Crippen molar-refractivity contribution in [2.24, 2.45) is 0 Å². The Balaban J connectivity index is 1.38. The van der Waals surface area contributed by atoms with Gasteiger partial charge < -0.3 is 15.4 Å². The number of hydrogen-bond acceptors (Lipinski definition) is 4. The monoisotopic (exact) mass is 404 g/mol. The molecule has 6 heteroatoms. The summed E-state index contributed by atoms with van der Waals surface area (Å²) in [6, 6.07) is 23.3. The van der Waals surface area contributed by atoms with Crippen LogP contribution < -0.4 is 15.4 Å². The van der Waals surface area contributed by atoms with Crippen LogP contribution >= 0.6 is 11.8 Å². The summed E-state index contributed by atoms with van der Waals surface area (Å²) in [4.78, 5) is 24.9. The van der Waals surface area contributed by atoms with E-state index >= 15 is 0 Å². The number of anilines is 2. The van der Waals surface area contributed by atoms with E-state index in [0.717, 1.165) is 22.6 Å². The first-order chi connectivity index (χ1) is 14.2. The Labute approximate surface area is 173 Å². The zero-order valence-corrected chi connectivity index (χ0v) is 16.5. The molecule has 0 saturated carbocycles. The minimum atomic E-state index is -0.255.